The van der Waals surface area contributed by atoms with Gasteiger partial charge in [-0.15, -0.1) is 35.3 Å². The van der Waals surface area contributed by atoms with Crippen molar-refractivity contribution in [1.29, 1.82) is 0 Å². The maximum absolute atomic E-state index is 4.13. The van der Waals surface area contributed by atoms with E-state index >= 15 is 0 Å². The summed E-state index contributed by atoms with van der Waals surface area (Å²) in [6.07, 6.45) is 3.78. The number of fused-ring (bicyclic) bond motifs is 1. The van der Waals surface area contributed by atoms with Gasteiger partial charge in [0.2, 0.25) is 0 Å². The monoisotopic (exact) mass is 393 g/mol. The van der Waals surface area contributed by atoms with Crippen LogP contribution in [0, 0.1) is 5.41 Å². The molecule has 1 aromatic rings. The first-order valence-corrected chi connectivity index (χ1v) is 7.34. The van der Waals surface area contributed by atoms with Gasteiger partial charge in [-0.1, -0.05) is 13.8 Å². The summed E-state index contributed by atoms with van der Waals surface area (Å²) in [7, 11) is 3.68. The van der Waals surface area contributed by atoms with Crippen LogP contribution in [0.4, 0.5) is 0 Å². The van der Waals surface area contributed by atoms with Gasteiger partial charge in [-0.3, -0.25) is 4.99 Å². The molecule has 1 aliphatic carbocycles. The Kier molecular flexibility index (Phi) is 6.11. The molecular weight excluding hydrogens is 369 g/mol. The van der Waals surface area contributed by atoms with Gasteiger partial charge in [0, 0.05) is 23.8 Å². The second-order valence-electron chi connectivity index (χ2n) is 5.68. The zero-order valence-electron chi connectivity index (χ0n) is 12.2. The van der Waals surface area contributed by atoms with Gasteiger partial charge in [0.05, 0.1) is 6.54 Å². The summed E-state index contributed by atoms with van der Waals surface area (Å²) in [5.74, 6) is 0.849. The number of halogens is 1. The summed E-state index contributed by atoms with van der Waals surface area (Å²) < 4.78 is 0. The van der Waals surface area contributed by atoms with E-state index in [0.717, 1.165) is 12.5 Å². The van der Waals surface area contributed by atoms with Crippen molar-refractivity contribution in [2.75, 3.05) is 14.1 Å². The summed E-state index contributed by atoms with van der Waals surface area (Å²) in [5, 5.41) is 6.35. The summed E-state index contributed by atoms with van der Waals surface area (Å²) in [6.45, 7) is 5.61. The molecule has 5 heteroatoms. The van der Waals surface area contributed by atoms with Crippen molar-refractivity contribution in [1.82, 2.24) is 10.6 Å². The molecule has 0 saturated carbocycles. The summed E-state index contributed by atoms with van der Waals surface area (Å²) in [5.41, 5.74) is 2.03. The van der Waals surface area contributed by atoms with Gasteiger partial charge in [0.15, 0.2) is 5.96 Å². The van der Waals surface area contributed by atoms with Gasteiger partial charge in [-0.25, -0.2) is 0 Å². The Bertz CT molecular complexity index is 452. The van der Waals surface area contributed by atoms with Gasteiger partial charge < -0.3 is 10.6 Å². The molecule has 108 valence electrons. The molecule has 0 unspecified atom stereocenters. The molecule has 0 atom stereocenters. The largest absolute Gasteiger partial charge is 0.359 e. The molecular formula is C14H24IN3S. The molecule has 0 amide bonds. The summed E-state index contributed by atoms with van der Waals surface area (Å²) in [6, 6.07) is 2.37. The van der Waals surface area contributed by atoms with E-state index in [1.165, 1.54) is 24.1 Å². The minimum atomic E-state index is 0. The Labute approximate surface area is 137 Å². The highest BCUT2D eigenvalue weighted by atomic mass is 127. The second kappa shape index (κ2) is 6.92. The number of hydrogen-bond donors (Lipinski definition) is 2. The van der Waals surface area contributed by atoms with Crippen LogP contribution in [0.3, 0.4) is 0 Å². The van der Waals surface area contributed by atoms with Crippen LogP contribution in [-0.4, -0.2) is 20.1 Å². The van der Waals surface area contributed by atoms with E-state index in [1.54, 1.807) is 17.5 Å². The van der Waals surface area contributed by atoms with E-state index in [0.29, 0.717) is 5.41 Å². The van der Waals surface area contributed by atoms with Crippen LogP contribution in [0.1, 0.15) is 35.6 Å². The van der Waals surface area contributed by atoms with Crippen LogP contribution in [0.25, 0.3) is 0 Å². The minimum absolute atomic E-state index is 0. The van der Waals surface area contributed by atoms with Crippen LogP contribution < -0.4 is 10.6 Å². The minimum Gasteiger partial charge on any atom is -0.359 e. The lowest BCUT2D eigenvalue weighted by atomic mass is 9.77. The molecule has 3 nitrogen and oxygen atoms in total. The van der Waals surface area contributed by atoms with Gasteiger partial charge in [0.25, 0.3) is 0 Å². The van der Waals surface area contributed by atoms with Gasteiger partial charge in [-0.05, 0) is 36.3 Å². The van der Waals surface area contributed by atoms with Crippen molar-refractivity contribution in [3.8, 4) is 0 Å². The fourth-order valence-corrected chi connectivity index (χ4v) is 3.61. The highest BCUT2D eigenvalue weighted by Gasteiger charge is 2.26. The van der Waals surface area contributed by atoms with E-state index in [1.807, 2.05) is 18.4 Å². The maximum Gasteiger partial charge on any atom is 0.191 e. The van der Waals surface area contributed by atoms with Crippen molar-refractivity contribution in [2.45, 2.75) is 39.7 Å². The number of nitrogens with zero attached hydrogens (tertiary/aromatic N) is 1. The van der Waals surface area contributed by atoms with Crippen molar-refractivity contribution < 1.29 is 0 Å². The van der Waals surface area contributed by atoms with Crippen molar-refractivity contribution in [3.05, 3.63) is 21.4 Å². The molecule has 1 aromatic heterocycles. The molecule has 0 spiro atoms. The van der Waals surface area contributed by atoms with Crippen molar-refractivity contribution in [3.63, 3.8) is 0 Å². The lowest BCUT2D eigenvalue weighted by Gasteiger charge is -2.29. The standard InChI is InChI=1S/C14H23N3S.HI/c1-14(2)6-5-12-10(8-14)7-11(18-12)9-17-13(15-3)16-4;/h7H,5-6,8-9H2,1-4H3,(H2,15,16,17);1H. The average molecular weight is 393 g/mol. The quantitative estimate of drug-likeness (QED) is 0.460. The molecule has 19 heavy (non-hydrogen) atoms. The van der Waals surface area contributed by atoms with Crippen molar-refractivity contribution >= 4 is 41.3 Å². The highest BCUT2D eigenvalue weighted by Crippen LogP contribution is 2.38. The van der Waals surface area contributed by atoms with Crippen LogP contribution in [0.15, 0.2) is 11.1 Å². The number of nitrogens with one attached hydrogen (secondary N) is 2. The fourth-order valence-electron chi connectivity index (χ4n) is 2.48. The van der Waals surface area contributed by atoms with E-state index in [-0.39, 0.29) is 24.0 Å². The molecule has 0 aromatic carbocycles. The van der Waals surface area contributed by atoms with E-state index in [2.05, 4.69) is 35.5 Å². The molecule has 2 N–H and O–H groups in total. The zero-order valence-corrected chi connectivity index (χ0v) is 15.3. The Morgan fingerprint density at radius 3 is 2.84 bits per heavy atom. The third-order valence-corrected chi connectivity index (χ3v) is 4.77. The van der Waals surface area contributed by atoms with Gasteiger partial charge >= 0.3 is 0 Å². The smallest absolute Gasteiger partial charge is 0.191 e. The van der Waals surface area contributed by atoms with Crippen LogP contribution in [0.5, 0.6) is 0 Å². The number of guanidine groups is 1. The maximum atomic E-state index is 4.13. The molecule has 0 aliphatic heterocycles. The molecule has 1 heterocycles. The first-order valence-electron chi connectivity index (χ1n) is 6.53. The number of aryl methyl sites for hydroxylation is 1. The van der Waals surface area contributed by atoms with E-state index < -0.39 is 0 Å². The summed E-state index contributed by atoms with van der Waals surface area (Å²) in [4.78, 5) is 7.13. The Hall–Kier alpha value is -0.300. The van der Waals surface area contributed by atoms with Crippen molar-refractivity contribution in [2.24, 2.45) is 10.4 Å². The molecule has 0 radical (unpaired) electrons. The van der Waals surface area contributed by atoms with Crippen LogP contribution in [0.2, 0.25) is 0 Å². The topological polar surface area (TPSA) is 36.4 Å². The first-order chi connectivity index (χ1) is 8.54. The Morgan fingerprint density at radius 1 is 1.47 bits per heavy atom. The van der Waals surface area contributed by atoms with Gasteiger partial charge in [0.1, 0.15) is 0 Å². The zero-order chi connectivity index (χ0) is 13.2. The predicted molar refractivity (Wildman–Crippen MR) is 94.8 cm³/mol. The van der Waals surface area contributed by atoms with E-state index in [9.17, 15) is 0 Å². The Balaban J connectivity index is 0.00000180. The molecule has 1 aliphatic rings. The normalized spacial score (nSPS) is 17.4. The molecule has 0 fully saturated rings. The lowest BCUT2D eigenvalue weighted by molar-refractivity contribution is 0.318. The number of aliphatic imine (C=N–C) groups is 1. The van der Waals surface area contributed by atoms with E-state index in [4.69, 9.17) is 0 Å². The highest BCUT2D eigenvalue weighted by molar-refractivity contribution is 14.0. The first kappa shape index (κ1) is 16.8. The third kappa shape index (κ3) is 4.34. The number of thiophene rings is 1. The Morgan fingerprint density at radius 2 is 2.21 bits per heavy atom. The predicted octanol–water partition coefficient (Wildman–Crippen LogP) is 3.18. The third-order valence-electron chi connectivity index (χ3n) is 3.54. The van der Waals surface area contributed by atoms with Gasteiger partial charge in [-0.2, -0.15) is 0 Å². The number of hydrogen-bond acceptors (Lipinski definition) is 2. The van der Waals surface area contributed by atoms with Crippen LogP contribution >= 0.6 is 35.3 Å². The lowest BCUT2D eigenvalue weighted by Crippen LogP contribution is -2.33. The SMILES string of the molecule is CN=C(NC)NCc1cc2c(s1)CCC(C)(C)C2.I. The molecule has 2 rings (SSSR count). The average Bonchev–Trinajstić information content (AvgIpc) is 2.71. The molecule has 0 bridgehead atoms. The molecule has 0 saturated heterocycles. The number of rotatable bonds is 2. The van der Waals surface area contributed by atoms with Crippen LogP contribution in [-0.2, 0) is 19.4 Å². The summed E-state index contributed by atoms with van der Waals surface area (Å²) >= 11 is 1.95. The fraction of sp³-hybridized carbons (Fsp3) is 0.643. The second-order valence-corrected chi connectivity index (χ2v) is 6.90.